The Balaban J connectivity index is 0. The molecule has 0 aromatic rings. The lowest BCUT2D eigenvalue weighted by Gasteiger charge is -2.09. The Bertz CT molecular complexity index is 88.7. The Morgan fingerprint density at radius 1 is 0.643 bits per heavy atom. The summed E-state index contributed by atoms with van der Waals surface area (Å²) in [4.78, 5) is 0. The summed E-state index contributed by atoms with van der Waals surface area (Å²) >= 11 is 0. The average Bonchev–Trinajstić information content (AvgIpc) is 1.79. The van der Waals surface area contributed by atoms with Crippen LogP contribution in [0.3, 0.4) is 0 Å². The van der Waals surface area contributed by atoms with Crippen molar-refractivity contribution < 1.29 is 18.3 Å². The van der Waals surface area contributed by atoms with Gasteiger partial charge < -0.3 is 9.47 Å². The van der Waals surface area contributed by atoms with E-state index in [0.717, 1.165) is 0 Å². The lowest BCUT2D eigenvalue weighted by atomic mass is 10.4. The van der Waals surface area contributed by atoms with Crippen LogP contribution < -0.4 is 0 Å². The highest BCUT2D eigenvalue weighted by molar-refractivity contribution is 4.40. The van der Waals surface area contributed by atoms with Gasteiger partial charge in [-0.1, -0.05) is 0 Å². The van der Waals surface area contributed by atoms with Crippen LogP contribution in [0.2, 0.25) is 0 Å². The molecule has 0 aliphatic carbocycles. The molecule has 0 fully saturated rings. The van der Waals surface area contributed by atoms with Gasteiger partial charge in [0.05, 0.1) is 18.3 Å². The second-order valence-corrected chi connectivity index (χ2v) is 3.68. The van der Waals surface area contributed by atoms with Crippen molar-refractivity contribution in [1.29, 1.82) is 0 Å². The Morgan fingerprint density at radius 3 is 0.929 bits per heavy atom. The van der Waals surface area contributed by atoms with Crippen molar-refractivity contribution in [2.24, 2.45) is 0 Å². The van der Waals surface area contributed by atoms with Crippen LogP contribution in [0.1, 0.15) is 41.5 Å². The van der Waals surface area contributed by atoms with Crippen LogP contribution in [0.4, 0.5) is 8.78 Å². The summed E-state index contributed by atoms with van der Waals surface area (Å²) in [6.45, 7) is 8.66. The van der Waals surface area contributed by atoms with Crippen LogP contribution in [-0.2, 0) is 9.47 Å². The van der Waals surface area contributed by atoms with Gasteiger partial charge >= 0.3 is 6.61 Å². The molecule has 0 amide bonds. The summed E-state index contributed by atoms with van der Waals surface area (Å²) in [5.41, 5.74) is 0. The monoisotopic (exact) mass is 212 g/mol. The zero-order chi connectivity index (χ0) is 11.7. The normalized spacial score (nSPS) is 11.1. The largest absolute Gasteiger partial charge is 0.376 e. The third-order valence-electron chi connectivity index (χ3n) is 0.919. The third kappa shape index (κ3) is 22.6. The number of rotatable bonds is 4. The van der Waals surface area contributed by atoms with E-state index in [0.29, 0.717) is 12.2 Å². The van der Waals surface area contributed by atoms with Gasteiger partial charge in [0.2, 0.25) is 0 Å². The molecule has 0 bridgehead atoms. The second kappa shape index (κ2) is 9.34. The van der Waals surface area contributed by atoms with Gasteiger partial charge in [0.15, 0.2) is 0 Å². The molecular formula is C10H22F2O2. The smallest absolute Gasteiger partial charge is 0.345 e. The molecule has 14 heavy (non-hydrogen) atoms. The molecule has 88 valence electrons. The first kappa shape index (κ1) is 16.2. The highest BCUT2D eigenvalue weighted by Crippen LogP contribution is 1.98. The maximum absolute atomic E-state index is 11.1. The predicted molar refractivity (Wildman–Crippen MR) is 53.6 cm³/mol. The number of halogens is 2. The van der Waals surface area contributed by atoms with Crippen molar-refractivity contribution in [3.05, 3.63) is 0 Å². The van der Waals surface area contributed by atoms with Crippen molar-refractivity contribution >= 4 is 0 Å². The fourth-order valence-corrected chi connectivity index (χ4v) is 0.750. The van der Waals surface area contributed by atoms with E-state index in [2.05, 4.69) is 4.74 Å². The number of alkyl halides is 2. The molecule has 0 heterocycles. The molecule has 0 aliphatic heterocycles. The average molecular weight is 212 g/mol. The molecule has 0 unspecified atom stereocenters. The van der Waals surface area contributed by atoms with Gasteiger partial charge in [-0.25, -0.2) is 0 Å². The lowest BCUT2D eigenvalue weighted by Crippen LogP contribution is -2.09. The van der Waals surface area contributed by atoms with E-state index < -0.39 is 6.61 Å². The molecule has 0 aliphatic rings. The minimum atomic E-state index is -2.63. The van der Waals surface area contributed by atoms with Crippen LogP contribution in [0.5, 0.6) is 0 Å². The standard InChI is InChI=1S/C6H14O.C4H8F2O/c1-5(2)7-6(3)4;1-3(2)7-4(5)6/h5-6H,1-4H3;3-4H,1-2H3. The first-order valence-corrected chi connectivity index (χ1v) is 4.84. The van der Waals surface area contributed by atoms with E-state index in [1.54, 1.807) is 13.8 Å². The third-order valence-corrected chi connectivity index (χ3v) is 0.919. The summed E-state index contributed by atoms with van der Waals surface area (Å²) in [7, 11) is 0. The summed E-state index contributed by atoms with van der Waals surface area (Å²) in [6.07, 6.45) is 0.375. The van der Waals surface area contributed by atoms with Crippen molar-refractivity contribution in [2.75, 3.05) is 0 Å². The molecule has 0 radical (unpaired) electrons. The van der Waals surface area contributed by atoms with Crippen molar-refractivity contribution in [2.45, 2.75) is 66.5 Å². The summed E-state index contributed by atoms with van der Waals surface area (Å²) in [6, 6.07) is 0. The van der Waals surface area contributed by atoms with Crippen molar-refractivity contribution in [3.63, 3.8) is 0 Å². The van der Waals surface area contributed by atoms with E-state index >= 15 is 0 Å². The van der Waals surface area contributed by atoms with Gasteiger partial charge in [-0.3, -0.25) is 0 Å². The topological polar surface area (TPSA) is 18.5 Å². The molecule has 0 atom stereocenters. The van der Waals surface area contributed by atoms with Crippen LogP contribution >= 0.6 is 0 Å². The molecule has 0 saturated carbocycles. The number of hydrogen-bond acceptors (Lipinski definition) is 2. The zero-order valence-corrected chi connectivity index (χ0v) is 9.88. The molecule has 0 aromatic heterocycles. The van der Waals surface area contributed by atoms with E-state index in [1.807, 2.05) is 27.7 Å². The maximum Gasteiger partial charge on any atom is 0.345 e. The van der Waals surface area contributed by atoms with Gasteiger partial charge in [0.1, 0.15) is 0 Å². The Labute approximate surface area is 85.6 Å². The van der Waals surface area contributed by atoms with Crippen molar-refractivity contribution in [1.82, 2.24) is 0 Å². The molecule has 0 rings (SSSR count). The molecule has 0 aromatic carbocycles. The summed E-state index contributed by atoms with van der Waals surface area (Å²) in [5, 5.41) is 0. The van der Waals surface area contributed by atoms with Crippen LogP contribution in [0.25, 0.3) is 0 Å². The summed E-state index contributed by atoms with van der Waals surface area (Å²) in [5.74, 6) is 0. The quantitative estimate of drug-likeness (QED) is 0.710. The van der Waals surface area contributed by atoms with Gasteiger partial charge in [0, 0.05) is 0 Å². The van der Waals surface area contributed by atoms with E-state index in [9.17, 15) is 8.78 Å². The molecule has 0 spiro atoms. The maximum atomic E-state index is 11.1. The second-order valence-electron chi connectivity index (χ2n) is 3.68. The zero-order valence-electron chi connectivity index (χ0n) is 9.88. The minimum absolute atomic E-state index is 0.375. The number of hydrogen-bond donors (Lipinski definition) is 0. The first-order chi connectivity index (χ1) is 6.25. The van der Waals surface area contributed by atoms with E-state index in [-0.39, 0.29) is 6.10 Å². The molecule has 4 heteroatoms. The van der Waals surface area contributed by atoms with Crippen LogP contribution in [0, 0.1) is 0 Å². The van der Waals surface area contributed by atoms with Crippen LogP contribution in [0.15, 0.2) is 0 Å². The summed E-state index contributed by atoms with van der Waals surface area (Å²) < 4.78 is 31.3. The SMILES string of the molecule is CC(C)OC(C)C.CC(C)OC(F)F. The Kier molecular flexibility index (Phi) is 10.8. The molecule has 0 saturated heterocycles. The fourth-order valence-electron chi connectivity index (χ4n) is 0.750. The lowest BCUT2D eigenvalue weighted by molar-refractivity contribution is -0.152. The van der Waals surface area contributed by atoms with Gasteiger partial charge in [-0.05, 0) is 41.5 Å². The predicted octanol–water partition coefficient (Wildman–Crippen LogP) is 3.45. The van der Waals surface area contributed by atoms with Gasteiger partial charge in [-0.2, -0.15) is 8.78 Å². The molecule has 0 N–H and O–H groups in total. The van der Waals surface area contributed by atoms with Gasteiger partial charge in [-0.15, -0.1) is 0 Å². The molecular weight excluding hydrogens is 190 g/mol. The number of ether oxygens (including phenoxy) is 2. The van der Waals surface area contributed by atoms with Crippen molar-refractivity contribution in [3.8, 4) is 0 Å². The van der Waals surface area contributed by atoms with Gasteiger partial charge in [0.25, 0.3) is 0 Å². The highest BCUT2D eigenvalue weighted by atomic mass is 19.3. The van der Waals surface area contributed by atoms with Crippen LogP contribution in [-0.4, -0.2) is 24.9 Å². The fraction of sp³-hybridized carbons (Fsp3) is 1.00. The van der Waals surface area contributed by atoms with E-state index in [4.69, 9.17) is 4.74 Å². The molecule has 2 nitrogen and oxygen atoms in total. The first-order valence-electron chi connectivity index (χ1n) is 4.84. The van der Waals surface area contributed by atoms with E-state index in [1.165, 1.54) is 0 Å². The Hall–Kier alpha value is -0.220. The minimum Gasteiger partial charge on any atom is -0.376 e. The highest BCUT2D eigenvalue weighted by Gasteiger charge is 2.02. The Morgan fingerprint density at radius 2 is 0.929 bits per heavy atom.